The minimum Gasteiger partial charge on any atom is -0.480 e. The van der Waals surface area contributed by atoms with Gasteiger partial charge in [-0.25, -0.2) is 3.11 Å². The van der Waals surface area contributed by atoms with Crippen molar-refractivity contribution in [3.05, 3.63) is 0 Å². The third-order valence-corrected chi connectivity index (χ3v) is 2.30. The Balaban J connectivity index is 2.39. The number of carboxylic acid groups (broad SMARTS) is 1. The molecule has 0 aromatic rings. The Hall–Kier alpha value is 0.120. The van der Waals surface area contributed by atoms with Gasteiger partial charge in [-0.05, 0) is 0 Å². The van der Waals surface area contributed by atoms with Crippen LogP contribution in [0.2, 0.25) is 0 Å². The summed E-state index contributed by atoms with van der Waals surface area (Å²) in [6, 6.07) is -0.384. The summed E-state index contributed by atoms with van der Waals surface area (Å²) in [4.78, 5) is 10.4. The number of piperazine rings is 1. The second-order valence-corrected chi connectivity index (χ2v) is 3.58. The fraction of sp³-hybridized carbons (Fsp3) is 0.800. The van der Waals surface area contributed by atoms with E-state index >= 15 is 0 Å². The topological polar surface area (TPSA) is 52.6 Å². The van der Waals surface area contributed by atoms with Gasteiger partial charge in [-0.2, -0.15) is 0 Å². The molecule has 1 unspecified atom stereocenters. The van der Waals surface area contributed by atoms with Gasteiger partial charge >= 0.3 is 5.97 Å². The summed E-state index contributed by atoms with van der Waals surface area (Å²) in [5, 5.41) is 11.5. The van der Waals surface area contributed by atoms with E-state index in [0.717, 1.165) is 13.1 Å². The standard InChI is InChI=1S/C5H9IN2O2/c6-8-2-1-7-4(3-8)5(9)10/h4,7H,1-3H2,(H,9,10). The molecule has 58 valence electrons. The maximum atomic E-state index is 10.4. The van der Waals surface area contributed by atoms with Gasteiger partial charge in [0.2, 0.25) is 0 Å². The first kappa shape index (κ1) is 8.22. The lowest BCUT2D eigenvalue weighted by Gasteiger charge is -2.26. The molecule has 10 heavy (non-hydrogen) atoms. The summed E-state index contributed by atoms with van der Waals surface area (Å²) in [5.74, 6) is -0.763. The van der Waals surface area contributed by atoms with E-state index in [1.54, 1.807) is 0 Å². The van der Waals surface area contributed by atoms with Crippen LogP contribution in [0.25, 0.3) is 0 Å². The van der Waals surface area contributed by atoms with Crippen LogP contribution in [-0.4, -0.2) is 39.9 Å². The summed E-state index contributed by atoms with van der Waals surface area (Å²) in [6.07, 6.45) is 0. The SMILES string of the molecule is O=C(O)C1CN(I)CCN1. The highest BCUT2D eigenvalue weighted by atomic mass is 127. The molecular formula is C5H9IN2O2. The summed E-state index contributed by atoms with van der Waals surface area (Å²) >= 11 is 2.14. The van der Waals surface area contributed by atoms with Gasteiger partial charge in [-0.1, -0.05) is 0 Å². The van der Waals surface area contributed by atoms with Gasteiger partial charge in [-0.15, -0.1) is 0 Å². The lowest BCUT2D eigenvalue weighted by molar-refractivity contribution is -0.140. The Morgan fingerprint density at radius 2 is 2.50 bits per heavy atom. The number of aliphatic carboxylic acids is 1. The molecule has 1 heterocycles. The summed E-state index contributed by atoms with van der Waals surface area (Å²) in [5.41, 5.74) is 0. The van der Waals surface area contributed by atoms with Crippen LogP contribution in [0.5, 0.6) is 0 Å². The van der Waals surface area contributed by atoms with Crippen molar-refractivity contribution in [1.82, 2.24) is 8.43 Å². The lowest BCUT2D eigenvalue weighted by atomic mass is 10.2. The van der Waals surface area contributed by atoms with Crippen molar-refractivity contribution >= 4 is 28.8 Å². The van der Waals surface area contributed by atoms with Crippen LogP contribution in [0, 0.1) is 0 Å². The van der Waals surface area contributed by atoms with Crippen LogP contribution < -0.4 is 5.32 Å². The summed E-state index contributed by atoms with van der Waals surface area (Å²) < 4.78 is 1.98. The monoisotopic (exact) mass is 256 g/mol. The van der Waals surface area contributed by atoms with E-state index in [9.17, 15) is 4.79 Å². The Morgan fingerprint density at radius 1 is 1.80 bits per heavy atom. The number of nitrogens with zero attached hydrogens (tertiary/aromatic N) is 1. The number of halogens is 1. The molecule has 0 aromatic heterocycles. The molecule has 1 fully saturated rings. The fourth-order valence-electron chi connectivity index (χ4n) is 0.879. The van der Waals surface area contributed by atoms with Crippen molar-refractivity contribution in [3.8, 4) is 0 Å². The zero-order valence-corrected chi connectivity index (χ0v) is 7.54. The van der Waals surface area contributed by atoms with Crippen LogP contribution in [0.1, 0.15) is 0 Å². The first-order valence-corrected chi connectivity index (χ1v) is 4.03. The van der Waals surface area contributed by atoms with Crippen molar-refractivity contribution in [1.29, 1.82) is 0 Å². The van der Waals surface area contributed by atoms with Crippen LogP contribution in [0.15, 0.2) is 0 Å². The van der Waals surface area contributed by atoms with Gasteiger partial charge in [0.15, 0.2) is 0 Å². The number of hydrogen-bond acceptors (Lipinski definition) is 3. The Morgan fingerprint density at radius 3 is 2.90 bits per heavy atom. The molecule has 0 saturated carbocycles. The van der Waals surface area contributed by atoms with Gasteiger partial charge < -0.3 is 10.4 Å². The highest BCUT2D eigenvalue weighted by Gasteiger charge is 2.22. The first-order chi connectivity index (χ1) is 4.70. The number of rotatable bonds is 1. The normalized spacial score (nSPS) is 28.3. The van der Waals surface area contributed by atoms with E-state index < -0.39 is 5.97 Å². The zero-order chi connectivity index (χ0) is 7.56. The predicted molar refractivity (Wildman–Crippen MR) is 45.0 cm³/mol. The minimum absolute atomic E-state index is 0.384. The van der Waals surface area contributed by atoms with Crippen molar-refractivity contribution in [3.63, 3.8) is 0 Å². The van der Waals surface area contributed by atoms with E-state index in [1.165, 1.54) is 0 Å². The molecule has 0 radical (unpaired) electrons. The molecule has 0 bridgehead atoms. The van der Waals surface area contributed by atoms with Crippen molar-refractivity contribution < 1.29 is 9.90 Å². The lowest BCUT2D eigenvalue weighted by Crippen LogP contribution is -2.50. The number of carboxylic acids is 1. The highest BCUT2D eigenvalue weighted by molar-refractivity contribution is 14.1. The molecule has 1 aliphatic heterocycles. The molecule has 0 aliphatic carbocycles. The van der Waals surface area contributed by atoms with Gasteiger partial charge in [0, 0.05) is 42.5 Å². The quantitative estimate of drug-likeness (QED) is 0.499. The van der Waals surface area contributed by atoms with Crippen LogP contribution in [0.3, 0.4) is 0 Å². The van der Waals surface area contributed by atoms with E-state index in [-0.39, 0.29) is 6.04 Å². The van der Waals surface area contributed by atoms with Gasteiger partial charge in [-0.3, -0.25) is 4.79 Å². The maximum absolute atomic E-state index is 10.4. The number of carbonyl (C=O) groups is 1. The number of hydrogen-bond donors (Lipinski definition) is 2. The molecular weight excluding hydrogens is 247 g/mol. The van der Waals surface area contributed by atoms with Crippen LogP contribution >= 0.6 is 22.9 Å². The molecule has 5 heteroatoms. The predicted octanol–water partition coefficient (Wildman–Crippen LogP) is -0.305. The average Bonchev–Trinajstić information content (AvgIpc) is 1.88. The second-order valence-electron chi connectivity index (χ2n) is 2.21. The molecule has 1 rings (SSSR count). The average molecular weight is 256 g/mol. The van der Waals surface area contributed by atoms with Gasteiger partial charge in [0.25, 0.3) is 0 Å². The third-order valence-electron chi connectivity index (χ3n) is 1.42. The van der Waals surface area contributed by atoms with E-state index in [2.05, 4.69) is 28.2 Å². The summed E-state index contributed by atoms with van der Waals surface area (Å²) in [6.45, 7) is 2.28. The third kappa shape index (κ3) is 2.06. The van der Waals surface area contributed by atoms with E-state index in [1.807, 2.05) is 3.11 Å². The zero-order valence-electron chi connectivity index (χ0n) is 5.38. The van der Waals surface area contributed by atoms with E-state index in [0.29, 0.717) is 6.54 Å². The van der Waals surface area contributed by atoms with Crippen molar-refractivity contribution in [2.75, 3.05) is 19.6 Å². The Bertz CT molecular complexity index is 142. The smallest absolute Gasteiger partial charge is 0.322 e. The van der Waals surface area contributed by atoms with Crippen LogP contribution in [0.4, 0.5) is 0 Å². The highest BCUT2D eigenvalue weighted by Crippen LogP contribution is 2.04. The number of nitrogens with one attached hydrogen (secondary N) is 1. The molecule has 2 N–H and O–H groups in total. The largest absolute Gasteiger partial charge is 0.480 e. The minimum atomic E-state index is -0.763. The molecule has 0 spiro atoms. The molecule has 1 atom stereocenters. The molecule has 1 saturated heterocycles. The molecule has 0 aromatic carbocycles. The molecule has 1 aliphatic rings. The van der Waals surface area contributed by atoms with Gasteiger partial charge in [0.05, 0.1) is 0 Å². The van der Waals surface area contributed by atoms with Crippen LogP contribution in [-0.2, 0) is 4.79 Å². The molecule has 0 amide bonds. The van der Waals surface area contributed by atoms with Crippen molar-refractivity contribution in [2.45, 2.75) is 6.04 Å². The fourth-order valence-corrected chi connectivity index (χ4v) is 1.51. The maximum Gasteiger partial charge on any atom is 0.322 e. The Kier molecular flexibility index (Phi) is 2.87. The Labute approximate surface area is 73.1 Å². The molecule has 4 nitrogen and oxygen atoms in total. The first-order valence-electron chi connectivity index (χ1n) is 3.07. The van der Waals surface area contributed by atoms with Crippen molar-refractivity contribution in [2.24, 2.45) is 0 Å². The second kappa shape index (κ2) is 3.49. The van der Waals surface area contributed by atoms with Gasteiger partial charge in [0.1, 0.15) is 6.04 Å². The van der Waals surface area contributed by atoms with E-state index in [4.69, 9.17) is 5.11 Å². The summed E-state index contributed by atoms with van der Waals surface area (Å²) in [7, 11) is 0.